The SMILES string of the molecule is CC(C)(C)c1ccccc1Oc1ccc(Br)cn1. The highest BCUT2D eigenvalue weighted by Crippen LogP contribution is 2.33. The lowest BCUT2D eigenvalue weighted by atomic mass is 9.86. The van der Waals surface area contributed by atoms with Crippen molar-refractivity contribution >= 4 is 15.9 Å². The summed E-state index contributed by atoms with van der Waals surface area (Å²) in [4.78, 5) is 4.23. The summed E-state index contributed by atoms with van der Waals surface area (Å²) in [6, 6.07) is 11.8. The molecule has 0 radical (unpaired) electrons. The van der Waals surface area contributed by atoms with Crippen LogP contribution in [0.3, 0.4) is 0 Å². The number of halogens is 1. The minimum absolute atomic E-state index is 0.0476. The van der Waals surface area contributed by atoms with Crippen molar-refractivity contribution in [3.63, 3.8) is 0 Å². The average molecular weight is 306 g/mol. The molecule has 0 spiro atoms. The van der Waals surface area contributed by atoms with Crippen molar-refractivity contribution in [1.29, 1.82) is 0 Å². The Morgan fingerprint density at radius 1 is 1.06 bits per heavy atom. The Hall–Kier alpha value is -1.35. The predicted octanol–water partition coefficient (Wildman–Crippen LogP) is 4.93. The molecule has 0 aliphatic heterocycles. The molecule has 0 unspecified atom stereocenters. The van der Waals surface area contributed by atoms with Crippen molar-refractivity contribution in [2.45, 2.75) is 26.2 Å². The molecule has 94 valence electrons. The molecule has 0 saturated heterocycles. The molecule has 0 bridgehead atoms. The van der Waals surface area contributed by atoms with Crippen LogP contribution in [0.4, 0.5) is 0 Å². The number of nitrogens with zero attached hydrogens (tertiary/aromatic N) is 1. The largest absolute Gasteiger partial charge is 0.439 e. The third-order valence-electron chi connectivity index (χ3n) is 2.61. The van der Waals surface area contributed by atoms with Gasteiger partial charge in [0, 0.05) is 22.3 Å². The van der Waals surface area contributed by atoms with Crippen LogP contribution >= 0.6 is 15.9 Å². The van der Waals surface area contributed by atoms with Gasteiger partial charge in [-0.3, -0.25) is 0 Å². The molecule has 0 aliphatic carbocycles. The molecule has 1 aromatic carbocycles. The van der Waals surface area contributed by atoms with E-state index < -0.39 is 0 Å². The summed E-state index contributed by atoms with van der Waals surface area (Å²) < 4.78 is 6.80. The fourth-order valence-corrected chi connectivity index (χ4v) is 1.95. The number of para-hydroxylation sites is 1. The number of rotatable bonds is 2. The van der Waals surface area contributed by atoms with E-state index in [9.17, 15) is 0 Å². The molecule has 0 saturated carbocycles. The number of ether oxygens (including phenoxy) is 1. The first kappa shape index (κ1) is 13.1. The first-order valence-electron chi connectivity index (χ1n) is 5.86. The van der Waals surface area contributed by atoms with E-state index in [1.165, 1.54) is 5.56 Å². The molecule has 1 heterocycles. The van der Waals surface area contributed by atoms with E-state index in [1.807, 2.05) is 30.3 Å². The maximum Gasteiger partial charge on any atom is 0.219 e. The zero-order valence-electron chi connectivity index (χ0n) is 10.8. The van der Waals surface area contributed by atoms with E-state index >= 15 is 0 Å². The van der Waals surface area contributed by atoms with Crippen LogP contribution in [-0.4, -0.2) is 4.98 Å². The average Bonchev–Trinajstić information content (AvgIpc) is 2.31. The highest BCUT2D eigenvalue weighted by atomic mass is 79.9. The second kappa shape index (κ2) is 5.11. The number of aromatic nitrogens is 1. The van der Waals surface area contributed by atoms with E-state index in [0.717, 1.165) is 10.2 Å². The van der Waals surface area contributed by atoms with Gasteiger partial charge in [0.05, 0.1) is 0 Å². The van der Waals surface area contributed by atoms with Crippen molar-refractivity contribution in [1.82, 2.24) is 4.98 Å². The minimum Gasteiger partial charge on any atom is -0.439 e. The van der Waals surface area contributed by atoms with Gasteiger partial charge in [-0.15, -0.1) is 0 Å². The summed E-state index contributed by atoms with van der Waals surface area (Å²) in [5.41, 5.74) is 1.22. The van der Waals surface area contributed by atoms with Gasteiger partial charge in [-0.25, -0.2) is 4.98 Å². The smallest absolute Gasteiger partial charge is 0.219 e. The lowest BCUT2D eigenvalue weighted by molar-refractivity contribution is 0.440. The number of benzene rings is 1. The van der Waals surface area contributed by atoms with Gasteiger partial charge >= 0.3 is 0 Å². The standard InChI is InChI=1S/C15H16BrNO/c1-15(2,3)12-6-4-5-7-13(12)18-14-9-8-11(16)10-17-14/h4-10H,1-3H3. The van der Waals surface area contributed by atoms with Crippen LogP contribution in [0.15, 0.2) is 47.1 Å². The maximum absolute atomic E-state index is 5.86. The molecule has 2 rings (SSSR count). The summed E-state index contributed by atoms with van der Waals surface area (Å²) in [6.07, 6.45) is 1.73. The van der Waals surface area contributed by atoms with Crippen molar-refractivity contribution in [2.24, 2.45) is 0 Å². The molecule has 18 heavy (non-hydrogen) atoms. The van der Waals surface area contributed by atoms with E-state index in [2.05, 4.69) is 47.8 Å². The van der Waals surface area contributed by atoms with E-state index in [4.69, 9.17) is 4.74 Å². The van der Waals surface area contributed by atoms with Crippen LogP contribution in [0.2, 0.25) is 0 Å². The third-order valence-corrected chi connectivity index (χ3v) is 3.08. The summed E-state index contributed by atoms with van der Waals surface area (Å²) in [7, 11) is 0. The van der Waals surface area contributed by atoms with Crippen LogP contribution in [0.25, 0.3) is 0 Å². The van der Waals surface area contributed by atoms with Gasteiger partial charge in [0.25, 0.3) is 0 Å². The summed E-state index contributed by atoms with van der Waals surface area (Å²) in [5, 5.41) is 0. The van der Waals surface area contributed by atoms with E-state index in [1.54, 1.807) is 6.20 Å². The third kappa shape index (κ3) is 3.10. The van der Waals surface area contributed by atoms with Crippen LogP contribution in [0, 0.1) is 0 Å². The predicted molar refractivity (Wildman–Crippen MR) is 77.2 cm³/mol. The molecule has 2 aromatic rings. The van der Waals surface area contributed by atoms with Gasteiger partial charge < -0.3 is 4.74 Å². The lowest BCUT2D eigenvalue weighted by Gasteiger charge is -2.22. The Bertz CT molecular complexity index is 529. The molecule has 3 heteroatoms. The van der Waals surface area contributed by atoms with Gasteiger partial charge in [0.2, 0.25) is 5.88 Å². The fourth-order valence-electron chi connectivity index (χ4n) is 1.71. The van der Waals surface area contributed by atoms with E-state index in [-0.39, 0.29) is 5.41 Å². The van der Waals surface area contributed by atoms with Gasteiger partial charge in [-0.05, 0) is 33.5 Å². The van der Waals surface area contributed by atoms with Crippen LogP contribution < -0.4 is 4.74 Å². The van der Waals surface area contributed by atoms with Gasteiger partial charge in [-0.2, -0.15) is 0 Å². The minimum atomic E-state index is 0.0476. The zero-order valence-corrected chi connectivity index (χ0v) is 12.4. The molecule has 0 N–H and O–H groups in total. The maximum atomic E-state index is 5.86. The van der Waals surface area contributed by atoms with Crippen molar-refractivity contribution < 1.29 is 4.74 Å². The molecule has 0 aliphatic rings. The Morgan fingerprint density at radius 2 is 1.78 bits per heavy atom. The summed E-state index contributed by atoms with van der Waals surface area (Å²) in [5.74, 6) is 1.47. The first-order valence-corrected chi connectivity index (χ1v) is 6.65. The monoisotopic (exact) mass is 305 g/mol. The summed E-state index contributed by atoms with van der Waals surface area (Å²) >= 11 is 3.36. The van der Waals surface area contributed by atoms with E-state index in [0.29, 0.717) is 5.88 Å². The lowest BCUT2D eigenvalue weighted by Crippen LogP contribution is -2.12. The highest BCUT2D eigenvalue weighted by Gasteiger charge is 2.18. The van der Waals surface area contributed by atoms with Crippen LogP contribution in [0.5, 0.6) is 11.6 Å². The topological polar surface area (TPSA) is 22.1 Å². The molecule has 0 fully saturated rings. The molecule has 2 nitrogen and oxygen atoms in total. The quantitative estimate of drug-likeness (QED) is 0.784. The van der Waals surface area contributed by atoms with Crippen molar-refractivity contribution in [2.75, 3.05) is 0 Å². The second-order valence-electron chi connectivity index (χ2n) is 5.16. The Balaban J connectivity index is 2.32. The van der Waals surface area contributed by atoms with Gasteiger partial charge in [0.1, 0.15) is 5.75 Å². The van der Waals surface area contributed by atoms with Crippen molar-refractivity contribution in [3.05, 3.63) is 52.6 Å². The number of pyridine rings is 1. The van der Waals surface area contributed by atoms with Crippen LogP contribution in [0.1, 0.15) is 26.3 Å². The molecule has 0 amide bonds. The molecular weight excluding hydrogens is 290 g/mol. The van der Waals surface area contributed by atoms with Crippen molar-refractivity contribution in [3.8, 4) is 11.6 Å². The van der Waals surface area contributed by atoms with Crippen LogP contribution in [-0.2, 0) is 5.41 Å². The van der Waals surface area contributed by atoms with Gasteiger partial charge in [-0.1, -0.05) is 39.0 Å². The second-order valence-corrected chi connectivity index (χ2v) is 6.08. The number of hydrogen-bond acceptors (Lipinski definition) is 2. The normalized spacial score (nSPS) is 11.3. The Morgan fingerprint density at radius 3 is 2.39 bits per heavy atom. The molecule has 1 aromatic heterocycles. The Kier molecular flexibility index (Phi) is 3.71. The molecule has 0 atom stereocenters. The zero-order chi connectivity index (χ0) is 13.2. The van der Waals surface area contributed by atoms with Gasteiger partial charge in [0.15, 0.2) is 0 Å². The number of hydrogen-bond donors (Lipinski definition) is 0. The fraction of sp³-hybridized carbons (Fsp3) is 0.267. The molecular formula is C15H16BrNO. The Labute approximate surface area is 116 Å². The first-order chi connectivity index (χ1) is 8.47. The highest BCUT2D eigenvalue weighted by molar-refractivity contribution is 9.10. The summed E-state index contributed by atoms with van der Waals surface area (Å²) in [6.45, 7) is 6.51.